The van der Waals surface area contributed by atoms with Crippen LogP contribution < -0.4 is 0 Å². The van der Waals surface area contributed by atoms with Gasteiger partial charge in [0.2, 0.25) is 0 Å². The van der Waals surface area contributed by atoms with Gasteiger partial charge in [0, 0.05) is 44.7 Å². The first-order chi connectivity index (χ1) is 13.1. The molecular weight excluding hydrogens is 368 g/mol. The lowest BCUT2D eigenvalue weighted by molar-refractivity contribution is 0.0764. The lowest BCUT2D eigenvalue weighted by atomic mass is 10.1. The van der Waals surface area contributed by atoms with Crippen LogP contribution >= 0.6 is 11.6 Å². The van der Waals surface area contributed by atoms with Crippen molar-refractivity contribution in [2.24, 2.45) is 9.98 Å². The average Bonchev–Trinajstić information content (AvgIpc) is 3.00. The second kappa shape index (κ2) is 9.21. The van der Waals surface area contributed by atoms with E-state index in [0.717, 1.165) is 18.4 Å². The molecule has 1 aromatic rings. The molecule has 1 saturated heterocycles. The van der Waals surface area contributed by atoms with Gasteiger partial charge in [-0.25, -0.2) is 4.98 Å². The second-order valence-corrected chi connectivity index (χ2v) is 6.90. The normalized spacial score (nSPS) is 18.7. The van der Waals surface area contributed by atoms with Gasteiger partial charge in [-0.2, -0.15) is 0 Å². The average molecular weight is 391 g/mol. The third-order valence-corrected chi connectivity index (χ3v) is 4.87. The van der Waals surface area contributed by atoms with Gasteiger partial charge in [0.05, 0.1) is 16.8 Å². The number of aromatic nitrogens is 1. The SMILES string of the molecule is C=N/C=C(Cl)\C(=N/C1CCOCC1)c1ccc2c(n1)C(=O)N(CCCO)C2. The number of aliphatic hydroxyl groups is 1. The molecule has 8 heteroatoms. The largest absolute Gasteiger partial charge is 0.396 e. The topological polar surface area (TPSA) is 87.4 Å². The first-order valence-electron chi connectivity index (χ1n) is 9.02. The Labute approximate surface area is 163 Å². The van der Waals surface area contributed by atoms with Crippen LogP contribution in [-0.2, 0) is 11.3 Å². The van der Waals surface area contributed by atoms with Gasteiger partial charge in [-0.1, -0.05) is 17.7 Å². The highest BCUT2D eigenvalue weighted by atomic mass is 35.5. The van der Waals surface area contributed by atoms with Gasteiger partial charge in [-0.3, -0.25) is 14.8 Å². The number of halogens is 1. The van der Waals surface area contributed by atoms with Crippen LogP contribution in [0.5, 0.6) is 0 Å². The lowest BCUT2D eigenvalue weighted by Crippen LogP contribution is -2.26. The number of carbonyl (C=O) groups excluding carboxylic acids is 1. The van der Waals surface area contributed by atoms with Crippen LogP contribution in [0.1, 0.15) is 41.0 Å². The number of amides is 1. The van der Waals surface area contributed by atoms with Gasteiger partial charge in [0.1, 0.15) is 11.4 Å². The summed E-state index contributed by atoms with van der Waals surface area (Å²) in [4.78, 5) is 27.4. The predicted octanol–water partition coefficient (Wildman–Crippen LogP) is 2.17. The maximum Gasteiger partial charge on any atom is 0.273 e. The molecule has 2 aliphatic rings. The Morgan fingerprint density at radius 2 is 2.22 bits per heavy atom. The summed E-state index contributed by atoms with van der Waals surface area (Å²) in [5.41, 5.74) is 2.35. The minimum absolute atomic E-state index is 0.0513. The fourth-order valence-corrected chi connectivity index (χ4v) is 3.40. The Bertz CT molecular complexity index is 772. The third-order valence-electron chi connectivity index (χ3n) is 4.59. The first kappa shape index (κ1) is 19.7. The van der Waals surface area contributed by atoms with Crippen molar-refractivity contribution < 1.29 is 14.6 Å². The Balaban J connectivity index is 1.91. The van der Waals surface area contributed by atoms with Gasteiger partial charge in [0.15, 0.2) is 0 Å². The van der Waals surface area contributed by atoms with Gasteiger partial charge >= 0.3 is 0 Å². The van der Waals surface area contributed by atoms with Crippen molar-refractivity contribution in [1.82, 2.24) is 9.88 Å². The molecule has 2 aliphatic heterocycles. The second-order valence-electron chi connectivity index (χ2n) is 6.49. The summed E-state index contributed by atoms with van der Waals surface area (Å²) >= 11 is 6.39. The lowest BCUT2D eigenvalue weighted by Gasteiger charge is -2.19. The standard InChI is InChI=1S/C19H23ClN4O3/c1-21-11-15(20)18(22-14-5-9-27-10-6-14)16-4-3-13-12-24(7-2-8-25)19(26)17(13)23-16/h3-4,11,14,25H,1-2,5-10,12H2/b15-11+,22-18+. The summed E-state index contributed by atoms with van der Waals surface area (Å²) in [6.45, 7) is 5.84. The van der Waals surface area contributed by atoms with Gasteiger partial charge in [-0.05, 0) is 32.0 Å². The van der Waals surface area contributed by atoms with E-state index in [4.69, 9.17) is 26.4 Å². The first-order valence-corrected chi connectivity index (χ1v) is 9.39. The highest BCUT2D eigenvalue weighted by molar-refractivity contribution is 6.46. The molecule has 3 heterocycles. The summed E-state index contributed by atoms with van der Waals surface area (Å²) in [5, 5.41) is 9.34. The molecule has 0 radical (unpaired) electrons. The van der Waals surface area contributed by atoms with Crippen LogP contribution in [0.3, 0.4) is 0 Å². The monoisotopic (exact) mass is 390 g/mol. The van der Waals surface area contributed by atoms with E-state index < -0.39 is 0 Å². The van der Waals surface area contributed by atoms with Crippen molar-refractivity contribution in [3.05, 3.63) is 40.3 Å². The zero-order valence-corrected chi connectivity index (χ0v) is 15.9. The highest BCUT2D eigenvalue weighted by Gasteiger charge is 2.29. The van der Waals surface area contributed by atoms with E-state index in [9.17, 15) is 4.79 Å². The number of nitrogens with zero attached hydrogens (tertiary/aromatic N) is 4. The Kier molecular flexibility index (Phi) is 6.71. The number of allylic oxidation sites excluding steroid dienone is 1. The van der Waals surface area contributed by atoms with Crippen molar-refractivity contribution in [2.45, 2.75) is 31.8 Å². The third kappa shape index (κ3) is 4.61. The Hall–Kier alpha value is -2.09. The summed E-state index contributed by atoms with van der Waals surface area (Å²) < 4.78 is 5.38. The van der Waals surface area contributed by atoms with Crippen LogP contribution in [0.2, 0.25) is 0 Å². The van der Waals surface area contributed by atoms with Crippen LogP contribution in [0, 0.1) is 0 Å². The highest BCUT2D eigenvalue weighted by Crippen LogP contribution is 2.24. The van der Waals surface area contributed by atoms with Crippen LogP contribution in [0.4, 0.5) is 0 Å². The molecular formula is C19H23ClN4O3. The fraction of sp³-hybridized carbons (Fsp3) is 0.474. The maximum atomic E-state index is 12.6. The van der Waals surface area contributed by atoms with E-state index in [1.807, 2.05) is 12.1 Å². The summed E-state index contributed by atoms with van der Waals surface area (Å²) in [6, 6.07) is 3.81. The number of aliphatic hydroxyl groups excluding tert-OH is 1. The van der Waals surface area contributed by atoms with Crippen molar-refractivity contribution >= 4 is 29.9 Å². The van der Waals surface area contributed by atoms with Gasteiger partial charge < -0.3 is 14.7 Å². The molecule has 7 nitrogen and oxygen atoms in total. The van der Waals surface area contributed by atoms with Crippen LogP contribution in [0.25, 0.3) is 0 Å². The molecule has 0 aromatic carbocycles. The van der Waals surface area contributed by atoms with Crippen LogP contribution in [-0.4, -0.2) is 65.7 Å². The quantitative estimate of drug-likeness (QED) is 0.723. The molecule has 1 aromatic heterocycles. The van der Waals surface area contributed by atoms with E-state index in [1.54, 1.807) is 4.90 Å². The number of aliphatic imine (C=N–C) groups is 2. The molecule has 1 fully saturated rings. The fourth-order valence-electron chi connectivity index (χ4n) is 3.19. The van der Waals surface area contributed by atoms with Crippen molar-refractivity contribution in [3.63, 3.8) is 0 Å². The van der Waals surface area contributed by atoms with E-state index in [2.05, 4.69) is 16.7 Å². The van der Waals surface area contributed by atoms with Gasteiger partial charge in [-0.15, -0.1) is 0 Å². The number of fused-ring (bicyclic) bond motifs is 1. The molecule has 27 heavy (non-hydrogen) atoms. The Morgan fingerprint density at radius 1 is 1.44 bits per heavy atom. The predicted molar refractivity (Wildman–Crippen MR) is 105 cm³/mol. The van der Waals surface area contributed by atoms with Crippen molar-refractivity contribution in [3.8, 4) is 0 Å². The van der Waals surface area contributed by atoms with Crippen molar-refractivity contribution in [2.75, 3.05) is 26.4 Å². The molecule has 1 N–H and O–H groups in total. The summed E-state index contributed by atoms with van der Waals surface area (Å²) in [5.74, 6) is -0.132. The maximum absolute atomic E-state index is 12.6. The van der Waals surface area contributed by atoms with E-state index in [0.29, 0.717) is 54.9 Å². The number of carbonyl (C=O) groups is 1. The van der Waals surface area contributed by atoms with Crippen molar-refractivity contribution in [1.29, 1.82) is 0 Å². The summed E-state index contributed by atoms with van der Waals surface area (Å²) in [7, 11) is 0. The zero-order valence-electron chi connectivity index (χ0n) is 15.1. The number of rotatable bonds is 7. The summed E-state index contributed by atoms with van der Waals surface area (Å²) in [6.07, 6.45) is 3.61. The van der Waals surface area contributed by atoms with E-state index >= 15 is 0 Å². The van der Waals surface area contributed by atoms with Gasteiger partial charge in [0.25, 0.3) is 5.91 Å². The molecule has 0 bridgehead atoms. The molecule has 0 aliphatic carbocycles. The smallest absolute Gasteiger partial charge is 0.273 e. The minimum Gasteiger partial charge on any atom is -0.396 e. The molecule has 1 amide bonds. The number of hydrogen-bond donors (Lipinski definition) is 1. The molecule has 0 saturated carbocycles. The molecule has 144 valence electrons. The molecule has 0 unspecified atom stereocenters. The number of ether oxygens (including phenoxy) is 1. The number of pyridine rings is 1. The van der Waals surface area contributed by atoms with E-state index in [-0.39, 0.29) is 18.6 Å². The Morgan fingerprint density at radius 3 is 2.93 bits per heavy atom. The van der Waals surface area contributed by atoms with Crippen LogP contribution in [0.15, 0.2) is 33.3 Å². The minimum atomic E-state index is -0.132. The van der Waals surface area contributed by atoms with E-state index in [1.165, 1.54) is 6.20 Å². The molecule has 3 rings (SSSR count). The zero-order chi connectivity index (χ0) is 19.2. The molecule has 0 spiro atoms. The number of hydrogen-bond acceptors (Lipinski definition) is 6. The molecule has 0 atom stereocenters.